The zero-order valence-corrected chi connectivity index (χ0v) is 42.7. The first-order valence-electron chi connectivity index (χ1n) is 23.7. The molecule has 0 unspecified atom stereocenters. The summed E-state index contributed by atoms with van der Waals surface area (Å²) in [5.41, 5.74) is 12.2. The Balaban J connectivity index is 0.000000415. The molecule has 0 fully saturated rings. The van der Waals surface area contributed by atoms with Gasteiger partial charge in [-0.3, -0.25) is 0 Å². The van der Waals surface area contributed by atoms with E-state index >= 15 is 0 Å². The summed E-state index contributed by atoms with van der Waals surface area (Å²) in [4.78, 5) is 2.30. The summed E-state index contributed by atoms with van der Waals surface area (Å²) >= 11 is 0. The fraction of sp³-hybridized carbons (Fsp3) is 0.344. The Bertz CT molecular complexity index is 2470. The second kappa shape index (κ2) is 27.5. The van der Waals surface area contributed by atoms with Crippen LogP contribution >= 0.6 is 0 Å². The van der Waals surface area contributed by atoms with E-state index in [-0.39, 0.29) is 5.41 Å². The van der Waals surface area contributed by atoms with Gasteiger partial charge in [-0.2, -0.15) is 0 Å². The van der Waals surface area contributed by atoms with E-state index in [1.807, 2.05) is 83.1 Å². The largest absolute Gasteiger partial charge is 0.344 e. The molecule has 9 rings (SSSR count). The van der Waals surface area contributed by atoms with Crippen molar-refractivity contribution in [3.05, 3.63) is 178 Å². The molecule has 62 heavy (non-hydrogen) atoms. The van der Waals surface area contributed by atoms with Crippen molar-refractivity contribution in [1.29, 1.82) is 0 Å². The highest BCUT2D eigenvalue weighted by Crippen LogP contribution is 2.48. The summed E-state index contributed by atoms with van der Waals surface area (Å²) in [5.74, 6) is 0. The molecule has 0 N–H and O–H groups in total. The molecule has 0 saturated heterocycles. The standard InChI is InChI=1S/C17H19N.2C16H14.6C2H6/c1-12-9-10-16-14(11-12)17(2,3)13-7-5-6-8-15(13)18(16)4;1-11-3-7-15-13(9-11)5-6-14-10-12(2)4-8-16(14)15;1-11-7-8-13-10-12(2)14-5-3-4-6-15(14)16(13)9-11;6*1-2/h5-11H,1-4H3;2*3-10H,1-2H3;6*1-2H3. The summed E-state index contributed by atoms with van der Waals surface area (Å²) in [7, 11) is 2.15. The third-order valence-corrected chi connectivity index (χ3v) is 10.5. The first-order chi connectivity index (χ1) is 30.0. The molecule has 0 saturated carbocycles. The van der Waals surface area contributed by atoms with Crippen LogP contribution in [0.3, 0.4) is 0 Å². The monoisotopic (exact) mass is 830 g/mol. The van der Waals surface area contributed by atoms with E-state index in [0.717, 1.165) is 0 Å². The van der Waals surface area contributed by atoms with Gasteiger partial charge in [0, 0.05) is 23.8 Å². The lowest BCUT2D eigenvalue weighted by molar-refractivity contribution is 0.629. The lowest BCUT2D eigenvalue weighted by Crippen LogP contribution is -2.30. The van der Waals surface area contributed by atoms with E-state index in [1.165, 1.54) is 93.4 Å². The highest BCUT2D eigenvalue weighted by Gasteiger charge is 2.34. The zero-order chi connectivity index (χ0) is 47.2. The number of para-hydroxylation sites is 1. The zero-order valence-electron chi connectivity index (χ0n) is 42.7. The molecular formula is C61H83N. The first-order valence-corrected chi connectivity index (χ1v) is 23.7. The average Bonchev–Trinajstić information content (AvgIpc) is 3.33. The second-order valence-electron chi connectivity index (χ2n) is 14.7. The van der Waals surface area contributed by atoms with E-state index in [9.17, 15) is 0 Å². The van der Waals surface area contributed by atoms with Gasteiger partial charge in [0.25, 0.3) is 0 Å². The van der Waals surface area contributed by atoms with Crippen LogP contribution in [0.2, 0.25) is 0 Å². The van der Waals surface area contributed by atoms with Crippen LogP contribution in [-0.4, -0.2) is 7.05 Å². The van der Waals surface area contributed by atoms with Crippen molar-refractivity contribution in [3.8, 4) is 0 Å². The maximum absolute atomic E-state index is 2.32. The van der Waals surface area contributed by atoms with Crippen LogP contribution in [-0.2, 0) is 5.41 Å². The van der Waals surface area contributed by atoms with Crippen molar-refractivity contribution in [3.63, 3.8) is 0 Å². The van der Waals surface area contributed by atoms with Gasteiger partial charge in [0.1, 0.15) is 0 Å². The minimum absolute atomic E-state index is 0.0739. The number of hydrogen-bond donors (Lipinski definition) is 0. The molecule has 0 bridgehead atoms. The van der Waals surface area contributed by atoms with Gasteiger partial charge in [0.05, 0.1) is 0 Å². The molecule has 8 aromatic carbocycles. The van der Waals surface area contributed by atoms with Crippen LogP contribution in [0.5, 0.6) is 0 Å². The maximum atomic E-state index is 2.32. The van der Waals surface area contributed by atoms with Crippen molar-refractivity contribution >= 4 is 54.5 Å². The Hall–Kier alpha value is -5.40. The van der Waals surface area contributed by atoms with Crippen LogP contribution in [0.1, 0.15) is 136 Å². The Morgan fingerprint density at radius 3 is 1.26 bits per heavy atom. The molecule has 0 atom stereocenters. The van der Waals surface area contributed by atoms with Crippen LogP contribution in [0.25, 0.3) is 43.1 Å². The first kappa shape index (κ1) is 54.6. The Morgan fingerprint density at radius 1 is 0.323 bits per heavy atom. The van der Waals surface area contributed by atoms with E-state index in [4.69, 9.17) is 0 Å². The van der Waals surface area contributed by atoms with Crippen LogP contribution in [0.4, 0.5) is 11.4 Å². The summed E-state index contributed by atoms with van der Waals surface area (Å²) < 4.78 is 0. The molecule has 0 amide bonds. The molecular weight excluding hydrogens is 747 g/mol. The van der Waals surface area contributed by atoms with Crippen LogP contribution in [0.15, 0.2) is 140 Å². The van der Waals surface area contributed by atoms with E-state index in [2.05, 4.69) is 200 Å². The predicted octanol–water partition coefficient (Wildman–Crippen LogP) is 19.8. The van der Waals surface area contributed by atoms with Gasteiger partial charge in [-0.15, -0.1) is 0 Å². The summed E-state index contributed by atoms with van der Waals surface area (Å²) in [6.45, 7) is 39.4. The molecule has 332 valence electrons. The SMILES string of the molecule is CC.CC.CC.CC.CC.CC.Cc1ccc2c(c1)C(C)(C)c1ccccc1N2C.Cc1ccc2c(ccc3cc(C)ccc32)c1.Cc1ccc2cc(C)c3ccccc3c2c1. The van der Waals surface area contributed by atoms with Gasteiger partial charge in [-0.1, -0.05) is 247 Å². The molecule has 1 heteroatoms. The molecule has 8 aromatic rings. The summed E-state index contributed by atoms with van der Waals surface area (Å²) in [6.07, 6.45) is 0. The molecule has 0 aliphatic carbocycles. The van der Waals surface area contributed by atoms with Gasteiger partial charge in [-0.25, -0.2) is 0 Å². The van der Waals surface area contributed by atoms with Gasteiger partial charge in [0.15, 0.2) is 0 Å². The minimum atomic E-state index is 0.0739. The molecule has 1 aliphatic heterocycles. The molecule has 0 radical (unpaired) electrons. The number of anilines is 2. The predicted molar refractivity (Wildman–Crippen MR) is 288 cm³/mol. The Kier molecular flexibility index (Phi) is 24.2. The van der Waals surface area contributed by atoms with Crippen molar-refractivity contribution in [2.75, 3.05) is 11.9 Å². The summed E-state index contributed by atoms with van der Waals surface area (Å²) in [5, 5.41) is 10.8. The Labute approximate surface area is 380 Å². The molecule has 0 spiro atoms. The number of benzene rings is 8. The third-order valence-electron chi connectivity index (χ3n) is 10.5. The lowest BCUT2D eigenvalue weighted by Gasteiger charge is -2.40. The fourth-order valence-electron chi connectivity index (χ4n) is 7.72. The van der Waals surface area contributed by atoms with Crippen molar-refractivity contribution < 1.29 is 0 Å². The van der Waals surface area contributed by atoms with E-state index < -0.39 is 0 Å². The van der Waals surface area contributed by atoms with Crippen molar-refractivity contribution in [1.82, 2.24) is 0 Å². The quantitative estimate of drug-likeness (QED) is 0.138. The molecule has 1 heterocycles. The molecule has 1 nitrogen and oxygen atoms in total. The second-order valence-corrected chi connectivity index (χ2v) is 14.7. The van der Waals surface area contributed by atoms with Gasteiger partial charge in [0.2, 0.25) is 0 Å². The van der Waals surface area contributed by atoms with E-state index in [0.29, 0.717) is 0 Å². The van der Waals surface area contributed by atoms with Crippen molar-refractivity contribution in [2.24, 2.45) is 0 Å². The van der Waals surface area contributed by atoms with Crippen LogP contribution < -0.4 is 4.90 Å². The highest BCUT2D eigenvalue weighted by molar-refractivity contribution is 6.09. The normalized spacial score (nSPS) is 11.0. The number of rotatable bonds is 0. The van der Waals surface area contributed by atoms with Crippen molar-refractivity contribution in [2.45, 2.75) is 137 Å². The van der Waals surface area contributed by atoms with Crippen LogP contribution in [0, 0.1) is 34.6 Å². The number of aryl methyl sites for hydroxylation is 5. The average molecular weight is 830 g/mol. The maximum Gasteiger partial charge on any atom is 0.0449 e. The summed E-state index contributed by atoms with van der Waals surface area (Å²) in [6, 6.07) is 50.8. The number of fused-ring (bicyclic) bond motifs is 8. The minimum Gasteiger partial charge on any atom is -0.344 e. The third kappa shape index (κ3) is 13.1. The Morgan fingerprint density at radius 2 is 0.710 bits per heavy atom. The van der Waals surface area contributed by atoms with E-state index in [1.54, 1.807) is 0 Å². The number of hydrogen-bond acceptors (Lipinski definition) is 1. The fourth-order valence-corrected chi connectivity index (χ4v) is 7.72. The number of nitrogens with zero attached hydrogens (tertiary/aromatic N) is 1. The molecule has 0 aromatic heterocycles. The van der Waals surface area contributed by atoms with Gasteiger partial charge >= 0.3 is 0 Å². The van der Waals surface area contributed by atoms with Gasteiger partial charge in [-0.05, 0) is 107 Å². The smallest absolute Gasteiger partial charge is 0.0449 e. The van der Waals surface area contributed by atoms with Gasteiger partial charge < -0.3 is 4.90 Å². The molecule has 1 aliphatic rings. The lowest BCUT2D eigenvalue weighted by atomic mass is 9.73. The highest BCUT2D eigenvalue weighted by atomic mass is 15.1. The topological polar surface area (TPSA) is 3.24 Å².